The molecule has 2 aromatic rings. The van der Waals surface area contributed by atoms with Crippen LogP contribution in [0.5, 0.6) is 5.88 Å². The normalized spacial score (nSPS) is 14.7. The molecule has 1 fully saturated rings. The summed E-state index contributed by atoms with van der Waals surface area (Å²) < 4.78 is 6.48. The first kappa shape index (κ1) is 23.6. The maximum Gasteiger partial charge on any atom is 0.414 e. The summed E-state index contributed by atoms with van der Waals surface area (Å²) in [5, 5.41) is 14.8. The molecule has 30 heavy (non-hydrogen) atoms. The molecule has 8 heteroatoms. The third-order valence-electron chi connectivity index (χ3n) is 4.66. The second-order valence-electron chi connectivity index (χ2n) is 6.81. The Labute approximate surface area is 184 Å². The van der Waals surface area contributed by atoms with Gasteiger partial charge in [-0.3, -0.25) is 4.90 Å². The number of aliphatic carboxylic acids is 2. The van der Waals surface area contributed by atoms with Crippen molar-refractivity contribution in [3.05, 3.63) is 64.3 Å². The highest BCUT2D eigenvalue weighted by Crippen LogP contribution is 2.23. The number of carbonyl (C=O) groups is 2. The number of aromatic nitrogens is 1. The van der Waals surface area contributed by atoms with Gasteiger partial charge in [0.05, 0.1) is 7.11 Å². The van der Waals surface area contributed by atoms with Crippen LogP contribution in [-0.4, -0.2) is 52.2 Å². The molecule has 160 valence electrons. The molecule has 3 rings (SSSR count). The van der Waals surface area contributed by atoms with Gasteiger partial charge >= 0.3 is 11.9 Å². The van der Waals surface area contributed by atoms with Crippen LogP contribution in [-0.2, 0) is 16.1 Å². The SMILES string of the molecule is COc1ncccc1CN1CCC(C=Cc2cccc(Br)c2)CC1.O=C(O)C(=O)O. The second kappa shape index (κ2) is 12.1. The Morgan fingerprint density at radius 1 is 1.20 bits per heavy atom. The summed E-state index contributed by atoms with van der Waals surface area (Å²) in [5.41, 5.74) is 2.43. The van der Waals surface area contributed by atoms with Gasteiger partial charge in [0.2, 0.25) is 5.88 Å². The van der Waals surface area contributed by atoms with Crippen molar-refractivity contribution in [1.29, 1.82) is 0 Å². The number of carboxylic acids is 2. The van der Waals surface area contributed by atoms with Gasteiger partial charge in [0.1, 0.15) is 0 Å². The summed E-state index contributed by atoms with van der Waals surface area (Å²) in [7, 11) is 1.69. The summed E-state index contributed by atoms with van der Waals surface area (Å²) in [4.78, 5) is 25.0. The number of pyridine rings is 1. The fourth-order valence-corrected chi connectivity index (χ4v) is 3.55. The minimum Gasteiger partial charge on any atom is -0.481 e. The molecule has 0 saturated carbocycles. The number of allylic oxidation sites excluding steroid dienone is 1. The van der Waals surface area contributed by atoms with Crippen molar-refractivity contribution in [2.45, 2.75) is 19.4 Å². The van der Waals surface area contributed by atoms with Gasteiger partial charge in [0.25, 0.3) is 0 Å². The summed E-state index contributed by atoms with van der Waals surface area (Å²) in [6.07, 6.45) is 8.79. The average molecular weight is 477 g/mol. The highest BCUT2D eigenvalue weighted by atomic mass is 79.9. The number of methoxy groups -OCH3 is 1. The van der Waals surface area contributed by atoms with Gasteiger partial charge in [-0.15, -0.1) is 0 Å². The number of piperidine rings is 1. The highest BCUT2D eigenvalue weighted by Gasteiger charge is 2.18. The third-order valence-corrected chi connectivity index (χ3v) is 5.16. The first-order valence-electron chi connectivity index (χ1n) is 9.49. The van der Waals surface area contributed by atoms with Crippen molar-refractivity contribution >= 4 is 33.9 Å². The van der Waals surface area contributed by atoms with Crippen molar-refractivity contribution in [3.63, 3.8) is 0 Å². The molecule has 0 amide bonds. The van der Waals surface area contributed by atoms with Crippen LogP contribution in [0.4, 0.5) is 0 Å². The molecule has 7 nitrogen and oxygen atoms in total. The minimum atomic E-state index is -1.82. The standard InChI is InChI=1S/C20H23BrN2O.C2H2O4/c1-24-20-18(5-3-11-22-20)15-23-12-9-16(10-13-23)7-8-17-4-2-6-19(21)14-17;3-1(4)2(5)6/h2-8,11,14,16H,9-10,12-13,15H2,1H3;(H,3,4)(H,5,6). The Morgan fingerprint density at radius 2 is 1.90 bits per heavy atom. The monoisotopic (exact) mass is 476 g/mol. The summed E-state index contributed by atoms with van der Waals surface area (Å²) >= 11 is 3.52. The maximum absolute atomic E-state index is 9.10. The number of benzene rings is 1. The molecule has 2 N–H and O–H groups in total. The van der Waals surface area contributed by atoms with Crippen molar-refractivity contribution in [2.75, 3.05) is 20.2 Å². The Bertz CT molecular complexity index is 867. The molecule has 1 aliphatic rings. The summed E-state index contributed by atoms with van der Waals surface area (Å²) in [5.74, 6) is -2.24. The van der Waals surface area contributed by atoms with Gasteiger partial charge in [-0.2, -0.15) is 0 Å². The predicted octanol–water partition coefficient (Wildman–Crippen LogP) is 3.93. The molecule has 0 atom stereocenters. The maximum atomic E-state index is 9.10. The van der Waals surface area contributed by atoms with E-state index in [-0.39, 0.29) is 0 Å². The number of rotatable bonds is 5. The van der Waals surface area contributed by atoms with Crippen LogP contribution in [0.3, 0.4) is 0 Å². The van der Waals surface area contributed by atoms with E-state index in [0.717, 1.165) is 30.0 Å². The topological polar surface area (TPSA) is 100.0 Å². The van der Waals surface area contributed by atoms with Gasteiger partial charge in [0.15, 0.2) is 0 Å². The quantitative estimate of drug-likeness (QED) is 0.630. The van der Waals surface area contributed by atoms with E-state index in [2.05, 4.69) is 68.3 Å². The number of halogens is 1. The lowest BCUT2D eigenvalue weighted by molar-refractivity contribution is -0.159. The van der Waals surface area contributed by atoms with E-state index in [1.807, 2.05) is 6.07 Å². The lowest BCUT2D eigenvalue weighted by Gasteiger charge is -2.30. The van der Waals surface area contributed by atoms with Crippen LogP contribution in [0, 0.1) is 5.92 Å². The number of nitrogens with zero attached hydrogens (tertiary/aromatic N) is 2. The molecule has 1 aromatic heterocycles. The van der Waals surface area contributed by atoms with E-state index >= 15 is 0 Å². The molecule has 1 aromatic carbocycles. The zero-order valence-corrected chi connectivity index (χ0v) is 18.3. The van der Waals surface area contributed by atoms with E-state index in [9.17, 15) is 0 Å². The van der Waals surface area contributed by atoms with E-state index in [1.165, 1.54) is 24.0 Å². The number of ether oxygens (including phenoxy) is 1. The van der Waals surface area contributed by atoms with Gasteiger partial charge < -0.3 is 14.9 Å². The largest absolute Gasteiger partial charge is 0.481 e. The molecular weight excluding hydrogens is 452 g/mol. The Morgan fingerprint density at radius 3 is 2.50 bits per heavy atom. The van der Waals surface area contributed by atoms with Crippen LogP contribution in [0.2, 0.25) is 0 Å². The lowest BCUT2D eigenvalue weighted by Crippen LogP contribution is -2.32. The van der Waals surface area contributed by atoms with Gasteiger partial charge in [0, 0.05) is 22.8 Å². The van der Waals surface area contributed by atoms with E-state index in [0.29, 0.717) is 5.92 Å². The van der Waals surface area contributed by atoms with Crippen LogP contribution >= 0.6 is 15.9 Å². The molecular formula is C22H25BrN2O5. The fraction of sp³-hybridized carbons (Fsp3) is 0.318. The zero-order chi connectivity index (χ0) is 21.9. The molecule has 0 unspecified atom stereocenters. The van der Waals surface area contributed by atoms with Gasteiger partial charge in [-0.1, -0.05) is 46.3 Å². The van der Waals surface area contributed by atoms with Crippen molar-refractivity contribution in [3.8, 4) is 5.88 Å². The van der Waals surface area contributed by atoms with Crippen LogP contribution in [0.25, 0.3) is 6.08 Å². The molecule has 0 bridgehead atoms. The van der Waals surface area contributed by atoms with Crippen molar-refractivity contribution < 1.29 is 24.5 Å². The highest BCUT2D eigenvalue weighted by molar-refractivity contribution is 9.10. The Kier molecular flexibility index (Phi) is 9.50. The summed E-state index contributed by atoms with van der Waals surface area (Å²) in [6.45, 7) is 3.15. The molecule has 1 saturated heterocycles. The van der Waals surface area contributed by atoms with Crippen molar-refractivity contribution in [1.82, 2.24) is 9.88 Å². The van der Waals surface area contributed by atoms with E-state index < -0.39 is 11.9 Å². The average Bonchev–Trinajstić information content (AvgIpc) is 2.74. The van der Waals surface area contributed by atoms with Gasteiger partial charge in [-0.05, 0) is 55.6 Å². The first-order valence-corrected chi connectivity index (χ1v) is 10.3. The molecule has 2 heterocycles. The van der Waals surface area contributed by atoms with Crippen molar-refractivity contribution in [2.24, 2.45) is 5.92 Å². The van der Waals surface area contributed by atoms with Crippen LogP contribution in [0.1, 0.15) is 24.0 Å². The fourth-order valence-electron chi connectivity index (χ4n) is 3.13. The number of likely N-dealkylation sites (tertiary alicyclic amines) is 1. The predicted molar refractivity (Wildman–Crippen MR) is 117 cm³/mol. The summed E-state index contributed by atoms with van der Waals surface area (Å²) in [6, 6.07) is 12.5. The second-order valence-corrected chi connectivity index (χ2v) is 7.73. The smallest absolute Gasteiger partial charge is 0.414 e. The minimum absolute atomic E-state index is 0.663. The number of carboxylic acid groups (broad SMARTS) is 2. The van der Waals surface area contributed by atoms with Crippen LogP contribution in [0.15, 0.2) is 53.1 Å². The number of hydrogen-bond donors (Lipinski definition) is 2. The van der Waals surface area contributed by atoms with Crippen LogP contribution < -0.4 is 4.74 Å². The van der Waals surface area contributed by atoms with E-state index in [1.54, 1.807) is 13.3 Å². The molecule has 0 aliphatic carbocycles. The molecule has 0 spiro atoms. The first-order chi connectivity index (χ1) is 14.4. The zero-order valence-electron chi connectivity index (χ0n) is 16.7. The molecule has 0 radical (unpaired) electrons. The third kappa shape index (κ3) is 7.96. The Hall–Kier alpha value is -2.71. The molecule has 1 aliphatic heterocycles. The Balaban J connectivity index is 0.000000469. The van der Waals surface area contributed by atoms with Gasteiger partial charge in [-0.25, -0.2) is 14.6 Å². The van der Waals surface area contributed by atoms with E-state index in [4.69, 9.17) is 24.5 Å². The lowest BCUT2D eigenvalue weighted by atomic mass is 9.95. The number of hydrogen-bond acceptors (Lipinski definition) is 5.